The van der Waals surface area contributed by atoms with Gasteiger partial charge in [-0.05, 0) is 36.6 Å². The van der Waals surface area contributed by atoms with Crippen molar-refractivity contribution in [2.24, 2.45) is 0 Å². The Hall–Kier alpha value is -2.04. The molecule has 0 atom stereocenters. The van der Waals surface area contributed by atoms with Gasteiger partial charge in [-0.25, -0.2) is 0 Å². The molecule has 1 aliphatic rings. The largest absolute Gasteiger partial charge is 0.484 e. The van der Waals surface area contributed by atoms with Crippen molar-refractivity contribution >= 4 is 17.5 Å². The highest BCUT2D eigenvalue weighted by Crippen LogP contribution is 2.26. The van der Waals surface area contributed by atoms with E-state index in [9.17, 15) is 9.59 Å². The summed E-state index contributed by atoms with van der Waals surface area (Å²) in [5.74, 6) is 0.578. The third kappa shape index (κ3) is 3.71. The van der Waals surface area contributed by atoms with Crippen molar-refractivity contribution < 1.29 is 14.3 Å². The molecule has 0 radical (unpaired) electrons. The second-order valence-electron chi connectivity index (χ2n) is 4.51. The lowest BCUT2D eigenvalue weighted by molar-refractivity contribution is -0.123. The number of fused-ring (bicyclic) bond motifs is 1. The van der Waals surface area contributed by atoms with Crippen LogP contribution in [0.2, 0.25) is 0 Å². The van der Waals surface area contributed by atoms with Gasteiger partial charge in [0.2, 0.25) is 5.91 Å². The van der Waals surface area contributed by atoms with E-state index in [0.29, 0.717) is 25.1 Å². The van der Waals surface area contributed by atoms with Crippen molar-refractivity contribution in [2.75, 3.05) is 18.5 Å². The first-order valence-corrected chi connectivity index (χ1v) is 6.51. The van der Waals surface area contributed by atoms with Gasteiger partial charge in [-0.15, -0.1) is 0 Å². The summed E-state index contributed by atoms with van der Waals surface area (Å²) in [5.41, 5.74) is 1.88. The normalized spacial score (nSPS) is 13.4. The van der Waals surface area contributed by atoms with Gasteiger partial charge in [0.1, 0.15) is 5.75 Å². The Kier molecular flexibility index (Phi) is 4.39. The standard InChI is InChI=1S/C14H18N2O3/c1-2-7-15-14(18)9-19-11-4-5-12-10(8-11)3-6-13(17)16-12/h4-5,8H,2-3,6-7,9H2,1H3,(H,15,18)(H,16,17). The summed E-state index contributed by atoms with van der Waals surface area (Å²) in [4.78, 5) is 22.6. The van der Waals surface area contributed by atoms with E-state index in [2.05, 4.69) is 10.6 Å². The molecule has 1 aromatic carbocycles. The summed E-state index contributed by atoms with van der Waals surface area (Å²) in [7, 11) is 0. The number of rotatable bonds is 5. The van der Waals surface area contributed by atoms with Gasteiger partial charge < -0.3 is 15.4 Å². The van der Waals surface area contributed by atoms with Gasteiger partial charge in [0, 0.05) is 18.7 Å². The average Bonchev–Trinajstić information content (AvgIpc) is 2.42. The fraction of sp³-hybridized carbons (Fsp3) is 0.429. The van der Waals surface area contributed by atoms with E-state index in [0.717, 1.165) is 17.7 Å². The second kappa shape index (κ2) is 6.22. The van der Waals surface area contributed by atoms with E-state index in [1.54, 1.807) is 6.07 Å². The Balaban J connectivity index is 1.91. The van der Waals surface area contributed by atoms with Crippen molar-refractivity contribution in [2.45, 2.75) is 26.2 Å². The van der Waals surface area contributed by atoms with Crippen LogP contribution in [-0.2, 0) is 16.0 Å². The van der Waals surface area contributed by atoms with Crippen LogP contribution in [-0.4, -0.2) is 25.0 Å². The number of hydrogen-bond donors (Lipinski definition) is 2. The molecule has 5 nitrogen and oxygen atoms in total. The molecule has 2 N–H and O–H groups in total. The second-order valence-corrected chi connectivity index (χ2v) is 4.51. The van der Waals surface area contributed by atoms with Gasteiger partial charge >= 0.3 is 0 Å². The number of carbonyl (C=O) groups excluding carboxylic acids is 2. The Morgan fingerprint density at radius 2 is 2.26 bits per heavy atom. The number of ether oxygens (including phenoxy) is 1. The number of nitrogens with one attached hydrogen (secondary N) is 2. The summed E-state index contributed by atoms with van der Waals surface area (Å²) < 4.78 is 5.43. The molecular formula is C14H18N2O3. The van der Waals surface area contributed by atoms with Crippen LogP contribution in [0.5, 0.6) is 5.75 Å². The smallest absolute Gasteiger partial charge is 0.257 e. The first-order chi connectivity index (χ1) is 9.19. The fourth-order valence-corrected chi connectivity index (χ4v) is 1.91. The van der Waals surface area contributed by atoms with Crippen LogP contribution < -0.4 is 15.4 Å². The summed E-state index contributed by atoms with van der Waals surface area (Å²) in [6.07, 6.45) is 2.11. The monoisotopic (exact) mass is 262 g/mol. The molecule has 102 valence electrons. The number of benzene rings is 1. The van der Waals surface area contributed by atoms with Crippen LogP contribution >= 0.6 is 0 Å². The topological polar surface area (TPSA) is 67.4 Å². The molecule has 2 amide bonds. The molecule has 19 heavy (non-hydrogen) atoms. The van der Waals surface area contributed by atoms with Crippen LogP contribution in [0, 0.1) is 0 Å². The van der Waals surface area contributed by atoms with E-state index in [1.807, 2.05) is 19.1 Å². The molecule has 1 aromatic rings. The molecule has 0 saturated heterocycles. The molecule has 2 rings (SSSR count). The zero-order valence-electron chi connectivity index (χ0n) is 11.0. The third-order valence-corrected chi connectivity index (χ3v) is 2.91. The lowest BCUT2D eigenvalue weighted by atomic mass is 10.0. The van der Waals surface area contributed by atoms with Crippen molar-refractivity contribution in [3.05, 3.63) is 23.8 Å². The maximum atomic E-state index is 11.4. The molecule has 1 aliphatic heterocycles. The molecule has 0 aromatic heterocycles. The molecule has 0 unspecified atom stereocenters. The van der Waals surface area contributed by atoms with Gasteiger partial charge in [0.05, 0.1) is 0 Å². The zero-order chi connectivity index (χ0) is 13.7. The lowest BCUT2D eigenvalue weighted by Gasteiger charge is -2.17. The first kappa shape index (κ1) is 13.4. The number of amides is 2. The third-order valence-electron chi connectivity index (χ3n) is 2.91. The summed E-state index contributed by atoms with van der Waals surface area (Å²) >= 11 is 0. The fourth-order valence-electron chi connectivity index (χ4n) is 1.91. The Bertz CT molecular complexity index is 486. The van der Waals surface area contributed by atoms with E-state index in [1.165, 1.54) is 0 Å². The lowest BCUT2D eigenvalue weighted by Crippen LogP contribution is -2.29. The van der Waals surface area contributed by atoms with Crippen molar-refractivity contribution in [3.63, 3.8) is 0 Å². The number of anilines is 1. The maximum absolute atomic E-state index is 11.4. The van der Waals surface area contributed by atoms with Gasteiger partial charge in [0.25, 0.3) is 5.91 Å². The number of carbonyl (C=O) groups is 2. The molecule has 1 heterocycles. The minimum atomic E-state index is -0.118. The zero-order valence-corrected chi connectivity index (χ0v) is 11.0. The molecule has 5 heteroatoms. The predicted molar refractivity (Wildman–Crippen MR) is 72.2 cm³/mol. The minimum absolute atomic E-state index is 0.0190. The van der Waals surface area contributed by atoms with Crippen molar-refractivity contribution in [1.29, 1.82) is 0 Å². The van der Waals surface area contributed by atoms with Crippen LogP contribution in [0.25, 0.3) is 0 Å². The highest BCUT2D eigenvalue weighted by Gasteiger charge is 2.15. The summed E-state index contributed by atoms with van der Waals surface area (Å²) in [5, 5.41) is 5.56. The minimum Gasteiger partial charge on any atom is -0.484 e. The Morgan fingerprint density at radius 3 is 3.05 bits per heavy atom. The van der Waals surface area contributed by atoms with E-state index < -0.39 is 0 Å². The van der Waals surface area contributed by atoms with Gasteiger partial charge in [0.15, 0.2) is 6.61 Å². The summed E-state index contributed by atoms with van der Waals surface area (Å²) in [6.45, 7) is 2.68. The van der Waals surface area contributed by atoms with Gasteiger partial charge in [-0.1, -0.05) is 6.92 Å². The Morgan fingerprint density at radius 1 is 1.42 bits per heavy atom. The number of hydrogen-bond acceptors (Lipinski definition) is 3. The molecule has 0 spiro atoms. The molecule has 0 bridgehead atoms. The predicted octanol–water partition coefficient (Wildman–Crippen LogP) is 1.48. The molecule has 0 aliphatic carbocycles. The Labute approximate surface area is 112 Å². The quantitative estimate of drug-likeness (QED) is 0.844. The average molecular weight is 262 g/mol. The van der Waals surface area contributed by atoms with E-state index in [4.69, 9.17) is 4.74 Å². The van der Waals surface area contributed by atoms with Crippen LogP contribution in [0.4, 0.5) is 5.69 Å². The van der Waals surface area contributed by atoms with Crippen LogP contribution in [0.1, 0.15) is 25.3 Å². The van der Waals surface area contributed by atoms with Gasteiger partial charge in [-0.3, -0.25) is 9.59 Å². The van der Waals surface area contributed by atoms with E-state index >= 15 is 0 Å². The maximum Gasteiger partial charge on any atom is 0.257 e. The highest BCUT2D eigenvalue weighted by atomic mass is 16.5. The molecular weight excluding hydrogens is 244 g/mol. The van der Waals surface area contributed by atoms with Gasteiger partial charge in [-0.2, -0.15) is 0 Å². The highest BCUT2D eigenvalue weighted by molar-refractivity contribution is 5.94. The SMILES string of the molecule is CCCNC(=O)COc1ccc2c(c1)CCC(=O)N2. The van der Waals surface area contributed by atoms with Crippen molar-refractivity contribution in [1.82, 2.24) is 5.32 Å². The van der Waals surface area contributed by atoms with Crippen molar-refractivity contribution in [3.8, 4) is 5.75 Å². The first-order valence-electron chi connectivity index (χ1n) is 6.51. The number of aryl methyl sites for hydroxylation is 1. The van der Waals surface area contributed by atoms with Crippen LogP contribution in [0.3, 0.4) is 0 Å². The molecule has 0 saturated carbocycles. The molecule has 0 fully saturated rings. The summed E-state index contributed by atoms with van der Waals surface area (Å²) in [6, 6.07) is 5.45. The van der Waals surface area contributed by atoms with Crippen LogP contribution in [0.15, 0.2) is 18.2 Å². The van der Waals surface area contributed by atoms with E-state index in [-0.39, 0.29) is 18.4 Å².